The Bertz CT molecular complexity index is 916. The summed E-state index contributed by atoms with van der Waals surface area (Å²) < 4.78 is 26.4. The Morgan fingerprint density at radius 2 is 1.86 bits per heavy atom. The van der Waals surface area contributed by atoms with Crippen molar-refractivity contribution in [2.75, 3.05) is 31.1 Å². The van der Waals surface area contributed by atoms with Gasteiger partial charge in [-0.05, 0) is 50.3 Å². The highest BCUT2D eigenvalue weighted by molar-refractivity contribution is 7.92. The number of rotatable bonds is 9. The van der Waals surface area contributed by atoms with Crippen LogP contribution in [0.2, 0.25) is 5.02 Å². The molecule has 8 heteroatoms. The van der Waals surface area contributed by atoms with E-state index in [2.05, 4.69) is 10.0 Å². The van der Waals surface area contributed by atoms with E-state index in [4.69, 9.17) is 11.6 Å². The largest absolute Gasteiger partial charge is 0.350 e. The van der Waals surface area contributed by atoms with Crippen LogP contribution in [0.15, 0.2) is 48.5 Å². The number of hydrogen-bond donors (Lipinski definition) is 2. The molecule has 1 atom stereocenters. The zero-order chi connectivity index (χ0) is 20.7. The number of nitrogens with one attached hydrogen (secondary N) is 2. The Balaban J connectivity index is 2.10. The summed E-state index contributed by atoms with van der Waals surface area (Å²) in [6.45, 7) is 2.16. The quantitative estimate of drug-likeness (QED) is 0.646. The van der Waals surface area contributed by atoms with Gasteiger partial charge in [0.2, 0.25) is 10.0 Å². The SMILES string of the molecule is CCCS(=O)(=O)Nc1cccc(C(=O)NC[C@H](c2ccccc2Cl)N(C)C)c1. The van der Waals surface area contributed by atoms with Crippen molar-refractivity contribution in [3.63, 3.8) is 0 Å². The van der Waals surface area contributed by atoms with Crippen LogP contribution in [0.4, 0.5) is 5.69 Å². The smallest absolute Gasteiger partial charge is 0.251 e. The van der Waals surface area contributed by atoms with Crippen molar-refractivity contribution >= 4 is 33.2 Å². The van der Waals surface area contributed by atoms with E-state index in [0.717, 1.165) is 5.56 Å². The lowest BCUT2D eigenvalue weighted by Crippen LogP contribution is -2.34. The molecule has 0 aliphatic rings. The maximum absolute atomic E-state index is 12.6. The molecule has 6 nitrogen and oxygen atoms in total. The molecule has 0 bridgehead atoms. The van der Waals surface area contributed by atoms with Crippen LogP contribution in [0.1, 0.15) is 35.3 Å². The highest BCUT2D eigenvalue weighted by Crippen LogP contribution is 2.25. The first-order valence-corrected chi connectivity index (χ1v) is 11.1. The van der Waals surface area contributed by atoms with Gasteiger partial charge in [-0.3, -0.25) is 9.52 Å². The van der Waals surface area contributed by atoms with Gasteiger partial charge < -0.3 is 10.2 Å². The zero-order valence-electron chi connectivity index (χ0n) is 16.3. The molecule has 0 fully saturated rings. The van der Waals surface area contributed by atoms with E-state index in [-0.39, 0.29) is 17.7 Å². The van der Waals surface area contributed by atoms with Crippen LogP contribution in [0.5, 0.6) is 0 Å². The number of nitrogens with zero attached hydrogens (tertiary/aromatic N) is 1. The second kappa shape index (κ2) is 9.91. The van der Waals surface area contributed by atoms with Gasteiger partial charge in [0.15, 0.2) is 0 Å². The molecule has 0 unspecified atom stereocenters. The normalized spacial score (nSPS) is 12.6. The number of anilines is 1. The van der Waals surface area contributed by atoms with E-state index in [1.807, 2.05) is 43.3 Å². The Morgan fingerprint density at radius 3 is 2.50 bits per heavy atom. The van der Waals surface area contributed by atoms with Gasteiger partial charge in [-0.2, -0.15) is 0 Å². The summed E-state index contributed by atoms with van der Waals surface area (Å²) >= 11 is 6.30. The van der Waals surface area contributed by atoms with Gasteiger partial charge in [0.1, 0.15) is 0 Å². The van der Waals surface area contributed by atoms with Crippen molar-refractivity contribution in [3.05, 3.63) is 64.7 Å². The second-order valence-electron chi connectivity index (χ2n) is 6.71. The molecule has 2 rings (SSSR count). The molecule has 0 spiro atoms. The summed E-state index contributed by atoms with van der Waals surface area (Å²) in [5, 5.41) is 3.55. The van der Waals surface area contributed by atoms with E-state index >= 15 is 0 Å². The van der Waals surface area contributed by atoms with Crippen molar-refractivity contribution in [3.8, 4) is 0 Å². The van der Waals surface area contributed by atoms with Gasteiger partial charge in [0.25, 0.3) is 5.91 Å². The third-order valence-corrected chi connectivity index (χ3v) is 6.05. The molecule has 0 radical (unpaired) electrons. The maximum Gasteiger partial charge on any atom is 0.251 e. The number of amides is 1. The summed E-state index contributed by atoms with van der Waals surface area (Å²) in [6.07, 6.45) is 0.517. The third kappa shape index (κ3) is 6.22. The predicted octanol–water partition coefficient (Wildman–Crippen LogP) is 3.52. The number of halogens is 1. The van der Waals surface area contributed by atoms with Gasteiger partial charge in [0.05, 0.1) is 11.8 Å². The summed E-state index contributed by atoms with van der Waals surface area (Å²) in [4.78, 5) is 14.6. The van der Waals surface area contributed by atoms with Crippen LogP contribution in [0, 0.1) is 0 Å². The lowest BCUT2D eigenvalue weighted by atomic mass is 10.1. The van der Waals surface area contributed by atoms with Crippen LogP contribution in [-0.2, 0) is 10.0 Å². The Labute approximate surface area is 171 Å². The minimum Gasteiger partial charge on any atom is -0.350 e. The molecule has 0 saturated heterocycles. The van der Waals surface area contributed by atoms with Crippen molar-refractivity contribution in [2.45, 2.75) is 19.4 Å². The molecule has 0 heterocycles. The fourth-order valence-electron chi connectivity index (χ4n) is 2.83. The first-order valence-electron chi connectivity index (χ1n) is 9.03. The standard InChI is InChI=1S/C20H26ClN3O3S/c1-4-12-28(26,27)23-16-9-7-8-15(13-16)20(25)22-14-19(24(2)3)17-10-5-6-11-18(17)21/h5-11,13,19,23H,4,12,14H2,1-3H3,(H,22,25)/t19-/m1/s1. The van der Waals surface area contributed by atoms with Crippen LogP contribution in [-0.4, -0.2) is 45.6 Å². The van der Waals surface area contributed by atoms with E-state index in [0.29, 0.717) is 29.2 Å². The van der Waals surface area contributed by atoms with E-state index in [9.17, 15) is 13.2 Å². The summed E-state index contributed by atoms with van der Waals surface area (Å²) in [5.74, 6) is -0.248. The first-order chi connectivity index (χ1) is 13.2. The lowest BCUT2D eigenvalue weighted by Gasteiger charge is -2.26. The predicted molar refractivity (Wildman–Crippen MR) is 114 cm³/mol. The summed E-state index contributed by atoms with van der Waals surface area (Å²) in [7, 11) is 0.432. The molecular formula is C20H26ClN3O3S. The molecule has 28 heavy (non-hydrogen) atoms. The molecule has 0 saturated carbocycles. The van der Waals surface area contributed by atoms with Crippen molar-refractivity contribution in [2.24, 2.45) is 0 Å². The number of carbonyl (C=O) groups excluding carboxylic acids is 1. The monoisotopic (exact) mass is 423 g/mol. The van der Waals surface area contributed by atoms with Gasteiger partial charge in [0, 0.05) is 22.8 Å². The van der Waals surface area contributed by atoms with E-state index < -0.39 is 10.0 Å². The highest BCUT2D eigenvalue weighted by Gasteiger charge is 2.18. The van der Waals surface area contributed by atoms with Gasteiger partial charge in [-0.15, -0.1) is 0 Å². The fourth-order valence-corrected chi connectivity index (χ4v) is 4.22. The average molecular weight is 424 g/mol. The van der Waals surface area contributed by atoms with Crippen molar-refractivity contribution in [1.82, 2.24) is 10.2 Å². The molecular weight excluding hydrogens is 398 g/mol. The molecule has 1 amide bonds. The van der Waals surface area contributed by atoms with E-state index in [1.165, 1.54) is 6.07 Å². The number of sulfonamides is 1. The van der Waals surface area contributed by atoms with Crippen LogP contribution in [0.25, 0.3) is 0 Å². The maximum atomic E-state index is 12.6. The minimum atomic E-state index is -3.41. The molecule has 0 aromatic heterocycles. The fraction of sp³-hybridized carbons (Fsp3) is 0.350. The first kappa shape index (κ1) is 22.2. The number of hydrogen-bond acceptors (Lipinski definition) is 4. The lowest BCUT2D eigenvalue weighted by molar-refractivity contribution is 0.0942. The van der Waals surface area contributed by atoms with E-state index in [1.54, 1.807) is 25.1 Å². The molecule has 152 valence electrons. The third-order valence-electron chi connectivity index (χ3n) is 4.21. The van der Waals surface area contributed by atoms with Gasteiger partial charge in [-0.25, -0.2) is 8.42 Å². The Morgan fingerprint density at radius 1 is 1.14 bits per heavy atom. The van der Waals surface area contributed by atoms with Gasteiger partial charge >= 0.3 is 0 Å². The topological polar surface area (TPSA) is 78.5 Å². The molecule has 2 N–H and O–H groups in total. The highest BCUT2D eigenvalue weighted by atomic mass is 35.5. The zero-order valence-corrected chi connectivity index (χ0v) is 17.8. The minimum absolute atomic E-state index is 0.0335. The molecule has 2 aromatic carbocycles. The van der Waals surface area contributed by atoms with Gasteiger partial charge in [-0.1, -0.05) is 42.8 Å². The number of likely N-dealkylation sites (N-methyl/N-ethyl adjacent to an activating group) is 1. The second-order valence-corrected chi connectivity index (χ2v) is 8.96. The number of benzene rings is 2. The Hall–Kier alpha value is -2.09. The molecule has 2 aromatic rings. The summed E-state index contributed by atoms with van der Waals surface area (Å²) in [5.41, 5.74) is 1.68. The van der Waals surface area contributed by atoms with Crippen molar-refractivity contribution in [1.29, 1.82) is 0 Å². The Kier molecular flexibility index (Phi) is 7.86. The molecule has 0 aliphatic carbocycles. The summed E-state index contributed by atoms with van der Waals surface area (Å²) in [6, 6.07) is 13.9. The van der Waals surface area contributed by atoms with Crippen LogP contribution in [0.3, 0.4) is 0 Å². The van der Waals surface area contributed by atoms with Crippen molar-refractivity contribution < 1.29 is 13.2 Å². The number of carbonyl (C=O) groups is 1. The van der Waals surface area contributed by atoms with Crippen LogP contribution < -0.4 is 10.0 Å². The molecule has 0 aliphatic heterocycles. The van der Waals surface area contributed by atoms with Crippen LogP contribution >= 0.6 is 11.6 Å². The average Bonchev–Trinajstić information content (AvgIpc) is 2.62.